The lowest BCUT2D eigenvalue weighted by atomic mass is 10.1. The van der Waals surface area contributed by atoms with Crippen LogP contribution in [0.3, 0.4) is 0 Å². The summed E-state index contributed by atoms with van der Waals surface area (Å²) >= 11 is 0. The fraction of sp³-hybridized carbons (Fsp3) is 0.294. The second kappa shape index (κ2) is 7.85. The molecule has 1 aliphatic heterocycles. The van der Waals surface area contributed by atoms with Gasteiger partial charge in [0.25, 0.3) is 0 Å². The molecule has 0 fully saturated rings. The molecule has 0 aliphatic carbocycles. The van der Waals surface area contributed by atoms with Gasteiger partial charge >= 0.3 is 6.18 Å². The zero-order chi connectivity index (χ0) is 18.1. The maximum atomic E-state index is 13.2. The van der Waals surface area contributed by atoms with Crippen molar-refractivity contribution in [1.29, 1.82) is 0 Å². The minimum absolute atomic E-state index is 0. The van der Waals surface area contributed by atoms with Crippen LogP contribution in [0.25, 0.3) is 0 Å². The molecule has 0 atom stereocenters. The molecule has 0 spiro atoms. The maximum absolute atomic E-state index is 13.2. The number of benzene rings is 2. The Bertz CT molecular complexity index is 872. The highest BCUT2D eigenvalue weighted by atomic mass is 35.5. The summed E-state index contributed by atoms with van der Waals surface area (Å²) in [6.07, 6.45) is -4.59. The topological polar surface area (TPSA) is 49.4 Å². The van der Waals surface area contributed by atoms with Crippen molar-refractivity contribution in [3.63, 3.8) is 0 Å². The normalized spacial score (nSPS) is 15.0. The molecule has 1 heterocycles. The van der Waals surface area contributed by atoms with Crippen molar-refractivity contribution in [3.8, 4) is 0 Å². The Morgan fingerprint density at radius 3 is 2.42 bits per heavy atom. The molecular formula is C17H18ClF3N2O2S. The van der Waals surface area contributed by atoms with E-state index >= 15 is 0 Å². The van der Waals surface area contributed by atoms with Crippen LogP contribution in [0.5, 0.6) is 0 Å². The van der Waals surface area contributed by atoms with E-state index in [1.165, 1.54) is 22.5 Å². The van der Waals surface area contributed by atoms with Gasteiger partial charge in [0.2, 0.25) is 10.0 Å². The van der Waals surface area contributed by atoms with Crippen LogP contribution in [0.15, 0.2) is 48.5 Å². The van der Waals surface area contributed by atoms with Crippen LogP contribution < -0.4 is 9.62 Å². The third-order valence-electron chi connectivity index (χ3n) is 4.06. The van der Waals surface area contributed by atoms with E-state index in [0.717, 1.165) is 11.6 Å². The van der Waals surface area contributed by atoms with Gasteiger partial charge < -0.3 is 5.32 Å². The number of fused-ring (bicyclic) bond motifs is 1. The van der Waals surface area contributed by atoms with Crippen LogP contribution in [0.4, 0.5) is 18.9 Å². The number of anilines is 1. The van der Waals surface area contributed by atoms with Crippen molar-refractivity contribution < 1.29 is 21.6 Å². The standard InChI is InChI=1S/C17H17F3N2O2S.ClH/c18-17(19,20)15-7-3-1-6-14(15)12-25(23,24)22-10-9-21-11-13-5-2-4-8-16(13)22;/h1-8,21H,9-12H2;1H. The summed E-state index contributed by atoms with van der Waals surface area (Å²) in [4.78, 5) is 0. The van der Waals surface area contributed by atoms with E-state index in [9.17, 15) is 21.6 Å². The first kappa shape index (κ1) is 20.5. The predicted molar refractivity (Wildman–Crippen MR) is 96.8 cm³/mol. The van der Waals surface area contributed by atoms with Crippen LogP contribution in [0, 0.1) is 0 Å². The summed E-state index contributed by atoms with van der Waals surface area (Å²) < 4.78 is 66.4. The molecular weight excluding hydrogens is 389 g/mol. The number of hydrogen-bond acceptors (Lipinski definition) is 3. The molecule has 142 valence electrons. The van der Waals surface area contributed by atoms with E-state index in [1.807, 2.05) is 0 Å². The SMILES string of the molecule is Cl.O=S(=O)(Cc1ccccc1C(F)(F)F)N1CCNCc2ccccc21. The van der Waals surface area contributed by atoms with Gasteiger partial charge in [0.1, 0.15) is 0 Å². The smallest absolute Gasteiger partial charge is 0.311 e. The van der Waals surface area contributed by atoms with Crippen molar-refractivity contribution in [1.82, 2.24) is 5.32 Å². The van der Waals surface area contributed by atoms with Gasteiger partial charge in [-0.1, -0.05) is 36.4 Å². The second-order valence-corrected chi connectivity index (χ2v) is 7.68. The third kappa shape index (κ3) is 4.31. The van der Waals surface area contributed by atoms with Gasteiger partial charge in [0.15, 0.2) is 0 Å². The molecule has 0 bridgehead atoms. The molecule has 26 heavy (non-hydrogen) atoms. The van der Waals surface area contributed by atoms with E-state index < -0.39 is 27.5 Å². The molecule has 9 heteroatoms. The Balaban J connectivity index is 0.00000243. The van der Waals surface area contributed by atoms with E-state index in [-0.39, 0.29) is 24.5 Å². The fourth-order valence-electron chi connectivity index (χ4n) is 2.91. The second-order valence-electron chi connectivity index (χ2n) is 5.79. The van der Waals surface area contributed by atoms with Crippen LogP contribution in [-0.2, 0) is 28.5 Å². The molecule has 0 saturated carbocycles. The van der Waals surface area contributed by atoms with Crippen LogP contribution >= 0.6 is 12.4 Å². The lowest BCUT2D eigenvalue weighted by Gasteiger charge is -2.25. The molecule has 4 nitrogen and oxygen atoms in total. The number of nitrogens with zero attached hydrogens (tertiary/aromatic N) is 1. The van der Waals surface area contributed by atoms with Gasteiger partial charge in [0.05, 0.1) is 17.0 Å². The summed E-state index contributed by atoms with van der Waals surface area (Å²) in [6.45, 7) is 1.11. The molecule has 2 aromatic rings. The quantitative estimate of drug-likeness (QED) is 0.847. The first-order valence-electron chi connectivity index (χ1n) is 7.73. The number of rotatable bonds is 3. The van der Waals surface area contributed by atoms with Crippen molar-refractivity contribution in [2.75, 3.05) is 17.4 Å². The van der Waals surface area contributed by atoms with Gasteiger partial charge in [-0.2, -0.15) is 13.2 Å². The van der Waals surface area contributed by atoms with E-state index in [1.54, 1.807) is 24.3 Å². The Labute approximate surface area is 156 Å². The lowest BCUT2D eigenvalue weighted by Crippen LogP contribution is -2.36. The Hall–Kier alpha value is -1.77. The van der Waals surface area contributed by atoms with Crippen molar-refractivity contribution in [3.05, 3.63) is 65.2 Å². The van der Waals surface area contributed by atoms with Crippen LogP contribution in [-0.4, -0.2) is 21.5 Å². The monoisotopic (exact) mass is 406 g/mol. The molecule has 1 N–H and O–H groups in total. The van der Waals surface area contributed by atoms with Crippen LogP contribution in [0.2, 0.25) is 0 Å². The predicted octanol–water partition coefficient (Wildman–Crippen LogP) is 3.57. The summed E-state index contributed by atoms with van der Waals surface area (Å²) in [5.41, 5.74) is 0.147. The zero-order valence-electron chi connectivity index (χ0n) is 13.7. The summed E-state index contributed by atoms with van der Waals surface area (Å²) in [7, 11) is -3.96. The first-order chi connectivity index (χ1) is 11.8. The number of hydrogen-bond donors (Lipinski definition) is 1. The van der Waals surface area contributed by atoms with Gasteiger partial charge in [-0.3, -0.25) is 4.31 Å². The number of sulfonamides is 1. The average Bonchev–Trinajstić information content (AvgIpc) is 2.77. The van der Waals surface area contributed by atoms with Crippen molar-refractivity contribution in [2.45, 2.75) is 18.5 Å². The summed E-state index contributed by atoms with van der Waals surface area (Å²) in [5.74, 6) is -0.697. The average molecular weight is 407 g/mol. The Morgan fingerprint density at radius 1 is 1.04 bits per heavy atom. The summed E-state index contributed by atoms with van der Waals surface area (Å²) in [5, 5.41) is 3.12. The summed E-state index contributed by atoms with van der Waals surface area (Å²) in [6, 6.07) is 11.8. The minimum atomic E-state index is -4.59. The van der Waals surface area contributed by atoms with Crippen molar-refractivity contribution in [2.24, 2.45) is 0 Å². The number of alkyl halides is 3. The van der Waals surface area contributed by atoms with E-state index in [4.69, 9.17) is 0 Å². The van der Waals surface area contributed by atoms with Crippen molar-refractivity contribution >= 4 is 28.1 Å². The largest absolute Gasteiger partial charge is 0.416 e. The Kier molecular flexibility index (Phi) is 6.21. The zero-order valence-corrected chi connectivity index (χ0v) is 15.3. The van der Waals surface area contributed by atoms with Crippen LogP contribution in [0.1, 0.15) is 16.7 Å². The lowest BCUT2D eigenvalue weighted by molar-refractivity contribution is -0.138. The Morgan fingerprint density at radius 2 is 1.69 bits per heavy atom. The molecule has 2 aromatic carbocycles. The molecule has 3 rings (SSSR count). The number of halogens is 4. The van der Waals surface area contributed by atoms with Gasteiger partial charge in [-0.25, -0.2) is 8.42 Å². The first-order valence-corrected chi connectivity index (χ1v) is 9.34. The van der Waals surface area contributed by atoms with Gasteiger partial charge in [-0.15, -0.1) is 12.4 Å². The van der Waals surface area contributed by atoms with E-state index in [0.29, 0.717) is 18.8 Å². The highest BCUT2D eigenvalue weighted by Crippen LogP contribution is 2.34. The molecule has 0 unspecified atom stereocenters. The van der Waals surface area contributed by atoms with Gasteiger partial charge in [0, 0.05) is 19.6 Å². The number of para-hydroxylation sites is 1. The number of nitrogens with one attached hydrogen (secondary N) is 1. The van der Waals surface area contributed by atoms with E-state index in [2.05, 4.69) is 5.32 Å². The fourth-order valence-corrected chi connectivity index (χ4v) is 4.56. The molecule has 1 aliphatic rings. The third-order valence-corrected chi connectivity index (χ3v) is 5.79. The van der Waals surface area contributed by atoms with Gasteiger partial charge in [-0.05, 0) is 23.3 Å². The molecule has 0 amide bonds. The maximum Gasteiger partial charge on any atom is 0.416 e. The minimum Gasteiger partial charge on any atom is -0.311 e. The molecule has 0 radical (unpaired) electrons. The highest BCUT2D eigenvalue weighted by molar-refractivity contribution is 7.92. The molecule has 0 saturated heterocycles. The molecule has 0 aromatic heterocycles. The highest BCUT2D eigenvalue weighted by Gasteiger charge is 2.35.